The van der Waals surface area contributed by atoms with Gasteiger partial charge < -0.3 is 44.9 Å². The van der Waals surface area contributed by atoms with E-state index in [0.717, 1.165) is 31.7 Å². The SMILES string of the molecule is CN1CCN(C(=O)NCCNCC(O)COc2ccc(CC(CC3COC(C)(C)O3)C(=O)O)cc2)CC1. The van der Waals surface area contributed by atoms with Gasteiger partial charge in [0.05, 0.1) is 18.6 Å². The summed E-state index contributed by atoms with van der Waals surface area (Å²) in [5.41, 5.74) is 0.888. The van der Waals surface area contributed by atoms with Crippen molar-refractivity contribution in [3.8, 4) is 5.75 Å². The fourth-order valence-electron chi connectivity index (χ4n) is 4.37. The van der Waals surface area contributed by atoms with E-state index in [1.807, 2.05) is 37.9 Å². The van der Waals surface area contributed by atoms with Gasteiger partial charge in [0.25, 0.3) is 0 Å². The highest BCUT2D eigenvalue weighted by atomic mass is 16.7. The number of carbonyl (C=O) groups is 2. The second kappa shape index (κ2) is 13.9. The number of hydrogen-bond acceptors (Lipinski definition) is 8. The summed E-state index contributed by atoms with van der Waals surface area (Å²) in [5.74, 6) is -1.51. The standard InChI is InChI=1S/C26H42N4O7/c1-26(2)36-18-23(37-26)15-20(24(32)33)14-19-4-6-22(7-5-19)35-17-21(31)16-27-8-9-28-25(34)30-12-10-29(3)11-13-30/h4-7,20-21,23,27,31H,8-18H2,1-3H3,(H,28,34)(H,32,33). The number of aliphatic hydroxyl groups excluding tert-OH is 1. The fraction of sp³-hybridized carbons (Fsp3) is 0.692. The zero-order valence-corrected chi connectivity index (χ0v) is 22.1. The highest BCUT2D eigenvalue weighted by Gasteiger charge is 2.35. The number of urea groups is 1. The lowest BCUT2D eigenvalue weighted by Gasteiger charge is -2.32. The summed E-state index contributed by atoms with van der Waals surface area (Å²) in [5, 5.41) is 25.8. The number of carbonyl (C=O) groups excluding carboxylic acids is 1. The normalized spacial score (nSPS) is 21.4. The monoisotopic (exact) mass is 522 g/mol. The Hall–Kier alpha value is -2.44. The molecule has 37 heavy (non-hydrogen) atoms. The van der Waals surface area contributed by atoms with Crippen LogP contribution in [0.5, 0.6) is 5.75 Å². The molecule has 2 fully saturated rings. The lowest BCUT2D eigenvalue weighted by molar-refractivity contribution is -0.149. The van der Waals surface area contributed by atoms with Crippen LogP contribution in [-0.2, 0) is 20.7 Å². The van der Waals surface area contributed by atoms with Crippen molar-refractivity contribution in [2.24, 2.45) is 5.92 Å². The highest BCUT2D eigenvalue weighted by Crippen LogP contribution is 2.28. The Bertz CT molecular complexity index is 859. The molecule has 2 aliphatic rings. The van der Waals surface area contributed by atoms with E-state index in [2.05, 4.69) is 15.5 Å². The molecule has 2 heterocycles. The van der Waals surface area contributed by atoms with Gasteiger partial charge in [0.1, 0.15) is 18.5 Å². The maximum Gasteiger partial charge on any atom is 0.317 e. The maximum atomic E-state index is 12.1. The predicted molar refractivity (Wildman–Crippen MR) is 138 cm³/mol. The van der Waals surface area contributed by atoms with Gasteiger partial charge >= 0.3 is 12.0 Å². The van der Waals surface area contributed by atoms with E-state index in [9.17, 15) is 19.8 Å². The van der Waals surface area contributed by atoms with Crippen molar-refractivity contribution < 1.29 is 34.0 Å². The Morgan fingerprint density at radius 2 is 1.86 bits per heavy atom. The van der Waals surface area contributed by atoms with Crippen LogP contribution in [0.25, 0.3) is 0 Å². The van der Waals surface area contributed by atoms with Crippen molar-refractivity contribution in [2.75, 3.05) is 66.1 Å². The van der Waals surface area contributed by atoms with Gasteiger partial charge in [-0.25, -0.2) is 4.79 Å². The molecular weight excluding hydrogens is 480 g/mol. The number of piperazine rings is 1. The summed E-state index contributed by atoms with van der Waals surface area (Å²) < 4.78 is 17.0. The number of amides is 2. The topological polar surface area (TPSA) is 133 Å². The van der Waals surface area contributed by atoms with Gasteiger partial charge in [-0.05, 0) is 51.4 Å². The summed E-state index contributed by atoms with van der Waals surface area (Å²) in [6.45, 7) is 8.76. The number of carboxylic acids is 1. The van der Waals surface area contributed by atoms with Crippen molar-refractivity contribution >= 4 is 12.0 Å². The van der Waals surface area contributed by atoms with E-state index in [1.165, 1.54) is 0 Å². The molecule has 11 heteroatoms. The summed E-state index contributed by atoms with van der Waals surface area (Å²) >= 11 is 0. The summed E-state index contributed by atoms with van der Waals surface area (Å²) in [6.07, 6.45) is -0.173. The van der Waals surface area contributed by atoms with Crippen LogP contribution in [0.2, 0.25) is 0 Å². The van der Waals surface area contributed by atoms with Crippen molar-refractivity contribution in [1.29, 1.82) is 0 Å². The summed E-state index contributed by atoms with van der Waals surface area (Å²) in [7, 11) is 2.05. The zero-order valence-electron chi connectivity index (χ0n) is 22.1. The first-order chi connectivity index (χ1) is 17.6. The Balaban J connectivity index is 1.30. The molecule has 2 saturated heterocycles. The van der Waals surface area contributed by atoms with E-state index in [1.54, 1.807) is 12.1 Å². The molecular formula is C26H42N4O7. The lowest BCUT2D eigenvalue weighted by atomic mass is 9.94. The quantitative estimate of drug-likeness (QED) is 0.277. The van der Waals surface area contributed by atoms with Crippen LogP contribution in [0, 0.1) is 5.92 Å². The number of carboxylic acid groups (broad SMARTS) is 1. The first-order valence-electron chi connectivity index (χ1n) is 13.0. The number of nitrogens with zero attached hydrogens (tertiary/aromatic N) is 2. The molecule has 0 aliphatic carbocycles. The van der Waals surface area contributed by atoms with Crippen molar-refractivity contribution in [3.05, 3.63) is 29.8 Å². The van der Waals surface area contributed by atoms with E-state index in [0.29, 0.717) is 44.8 Å². The molecule has 1 aromatic rings. The van der Waals surface area contributed by atoms with Gasteiger partial charge in [-0.3, -0.25) is 4.79 Å². The van der Waals surface area contributed by atoms with Crippen LogP contribution in [0.1, 0.15) is 25.8 Å². The molecule has 0 spiro atoms. The number of rotatable bonds is 13. The van der Waals surface area contributed by atoms with Gasteiger partial charge in [-0.15, -0.1) is 0 Å². The fourth-order valence-corrected chi connectivity index (χ4v) is 4.37. The molecule has 3 atom stereocenters. The Morgan fingerprint density at radius 3 is 2.49 bits per heavy atom. The lowest BCUT2D eigenvalue weighted by Crippen LogP contribution is -2.51. The Labute approximate surface area is 219 Å². The summed E-state index contributed by atoms with van der Waals surface area (Å²) in [6, 6.07) is 7.19. The van der Waals surface area contributed by atoms with E-state index >= 15 is 0 Å². The second-order valence-corrected chi connectivity index (χ2v) is 10.3. The van der Waals surface area contributed by atoms with Crippen LogP contribution >= 0.6 is 0 Å². The molecule has 0 bridgehead atoms. The van der Waals surface area contributed by atoms with E-state index in [4.69, 9.17) is 14.2 Å². The average Bonchev–Trinajstić information content (AvgIpc) is 3.21. The van der Waals surface area contributed by atoms with Crippen LogP contribution < -0.4 is 15.4 Å². The number of ether oxygens (including phenoxy) is 3. The van der Waals surface area contributed by atoms with Crippen molar-refractivity contribution in [1.82, 2.24) is 20.4 Å². The van der Waals surface area contributed by atoms with Gasteiger partial charge in [-0.2, -0.15) is 0 Å². The van der Waals surface area contributed by atoms with Gasteiger partial charge in [-0.1, -0.05) is 12.1 Å². The van der Waals surface area contributed by atoms with Gasteiger partial charge in [0.15, 0.2) is 5.79 Å². The van der Waals surface area contributed by atoms with Crippen molar-refractivity contribution in [3.63, 3.8) is 0 Å². The first-order valence-corrected chi connectivity index (χ1v) is 13.0. The first kappa shape index (κ1) is 29.1. The number of aliphatic hydroxyl groups is 1. The van der Waals surface area contributed by atoms with Gasteiger partial charge in [0, 0.05) is 45.8 Å². The summed E-state index contributed by atoms with van der Waals surface area (Å²) in [4.78, 5) is 27.9. The van der Waals surface area contributed by atoms with Crippen molar-refractivity contribution in [2.45, 2.75) is 44.7 Å². The van der Waals surface area contributed by atoms with E-state index in [-0.39, 0.29) is 18.7 Å². The molecule has 0 saturated carbocycles. The average molecular weight is 523 g/mol. The third-order valence-corrected chi connectivity index (χ3v) is 6.56. The molecule has 0 aromatic heterocycles. The molecule has 3 rings (SSSR count). The highest BCUT2D eigenvalue weighted by molar-refractivity contribution is 5.74. The zero-order chi connectivity index (χ0) is 26.8. The van der Waals surface area contributed by atoms with E-state index < -0.39 is 23.8 Å². The van der Waals surface area contributed by atoms with Crippen LogP contribution in [0.15, 0.2) is 24.3 Å². The maximum absolute atomic E-state index is 12.1. The molecule has 11 nitrogen and oxygen atoms in total. The molecule has 208 valence electrons. The third-order valence-electron chi connectivity index (χ3n) is 6.56. The molecule has 4 N–H and O–H groups in total. The van der Waals surface area contributed by atoms with Crippen LogP contribution in [-0.4, -0.2) is 116 Å². The molecule has 0 radical (unpaired) electrons. The molecule has 3 unspecified atom stereocenters. The molecule has 2 aliphatic heterocycles. The largest absolute Gasteiger partial charge is 0.491 e. The predicted octanol–water partition coefficient (Wildman–Crippen LogP) is 0.758. The Kier molecular flexibility index (Phi) is 11.0. The second-order valence-electron chi connectivity index (χ2n) is 10.3. The Morgan fingerprint density at radius 1 is 1.16 bits per heavy atom. The number of aliphatic carboxylic acids is 1. The van der Waals surface area contributed by atoms with Crippen LogP contribution in [0.3, 0.4) is 0 Å². The molecule has 2 amide bonds. The number of benzene rings is 1. The minimum Gasteiger partial charge on any atom is -0.491 e. The minimum atomic E-state index is -0.858. The minimum absolute atomic E-state index is 0.0539. The molecule has 1 aromatic carbocycles. The number of hydrogen-bond donors (Lipinski definition) is 4. The van der Waals surface area contributed by atoms with Gasteiger partial charge in [0.2, 0.25) is 0 Å². The number of nitrogens with one attached hydrogen (secondary N) is 2. The third kappa shape index (κ3) is 10.1. The number of likely N-dealkylation sites (N-methyl/N-ethyl adjacent to an activating group) is 1. The van der Waals surface area contributed by atoms with Crippen LogP contribution in [0.4, 0.5) is 4.79 Å². The smallest absolute Gasteiger partial charge is 0.317 e.